The van der Waals surface area contributed by atoms with Crippen LogP contribution in [0.5, 0.6) is 5.75 Å². The molecule has 2 aromatic carbocycles. The Labute approximate surface area is 113 Å². The zero-order chi connectivity index (χ0) is 13.7. The van der Waals surface area contributed by atoms with Gasteiger partial charge in [0.1, 0.15) is 5.75 Å². The number of aliphatic hydroxyl groups is 1. The molecule has 2 aromatic rings. The first-order chi connectivity index (χ1) is 9.27. The molecule has 0 aliphatic rings. The number of benzene rings is 2. The normalized spacial score (nSPS) is 13.8. The number of rotatable bonds is 5. The van der Waals surface area contributed by atoms with Crippen LogP contribution in [0.3, 0.4) is 0 Å². The van der Waals surface area contributed by atoms with E-state index in [1.54, 1.807) is 7.11 Å². The molecular weight excluding hydrogens is 238 g/mol. The molecule has 0 fully saturated rings. The fraction of sp³-hybridized carbons (Fsp3) is 0.250. The second-order valence-electron chi connectivity index (χ2n) is 4.43. The maximum atomic E-state index is 10.3. The van der Waals surface area contributed by atoms with Gasteiger partial charge in [0.25, 0.3) is 0 Å². The Hall–Kier alpha value is -1.84. The Kier molecular flexibility index (Phi) is 4.55. The summed E-state index contributed by atoms with van der Waals surface area (Å²) in [6.07, 6.45) is -0.640. The van der Waals surface area contributed by atoms with Crippen molar-refractivity contribution in [1.29, 1.82) is 0 Å². The van der Waals surface area contributed by atoms with Gasteiger partial charge < -0.3 is 15.6 Å². The van der Waals surface area contributed by atoms with E-state index in [1.807, 2.05) is 54.6 Å². The van der Waals surface area contributed by atoms with Gasteiger partial charge >= 0.3 is 0 Å². The quantitative estimate of drug-likeness (QED) is 0.863. The number of para-hydroxylation sites is 1. The number of methoxy groups -OCH3 is 1. The maximum absolute atomic E-state index is 10.3. The molecule has 0 saturated carbocycles. The van der Waals surface area contributed by atoms with E-state index in [0.29, 0.717) is 0 Å². The minimum Gasteiger partial charge on any atom is -0.496 e. The number of hydrogen-bond donors (Lipinski definition) is 2. The van der Waals surface area contributed by atoms with E-state index in [9.17, 15) is 5.11 Å². The fourth-order valence-electron chi connectivity index (χ4n) is 2.33. The Morgan fingerprint density at radius 1 is 1.05 bits per heavy atom. The van der Waals surface area contributed by atoms with E-state index in [0.717, 1.165) is 16.9 Å². The average Bonchev–Trinajstić information content (AvgIpc) is 2.49. The lowest BCUT2D eigenvalue weighted by atomic mass is 9.86. The lowest BCUT2D eigenvalue weighted by molar-refractivity contribution is 0.163. The summed E-state index contributed by atoms with van der Waals surface area (Å²) in [5, 5.41) is 10.3. The molecule has 0 heterocycles. The summed E-state index contributed by atoms with van der Waals surface area (Å²) >= 11 is 0. The molecule has 2 atom stereocenters. The van der Waals surface area contributed by atoms with E-state index in [2.05, 4.69) is 0 Å². The lowest BCUT2D eigenvalue weighted by Gasteiger charge is -2.24. The Morgan fingerprint density at radius 2 is 1.68 bits per heavy atom. The van der Waals surface area contributed by atoms with Crippen molar-refractivity contribution in [2.75, 3.05) is 13.7 Å². The van der Waals surface area contributed by atoms with Gasteiger partial charge in [-0.25, -0.2) is 0 Å². The molecule has 3 nitrogen and oxygen atoms in total. The van der Waals surface area contributed by atoms with Gasteiger partial charge in [-0.15, -0.1) is 0 Å². The summed E-state index contributed by atoms with van der Waals surface area (Å²) in [5.74, 6) is 0.589. The number of ether oxygens (including phenoxy) is 1. The third-order valence-corrected chi connectivity index (χ3v) is 3.26. The second-order valence-corrected chi connectivity index (χ2v) is 4.43. The number of hydrogen-bond acceptors (Lipinski definition) is 3. The first kappa shape index (κ1) is 13.6. The van der Waals surface area contributed by atoms with E-state index in [1.165, 1.54) is 0 Å². The van der Waals surface area contributed by atoms with Crippen LogP contribution in [0.25, 0.3) is 0 Å². The Balaban J connectivity index is 2.49. The van der Waals surface area contributed by atoms with E-state index < -0.39 is 6.10 Å². The van der Waals surface area contributed by atoms with Gasteiger partial charge in [-0.05, 0) is 11.6 Å². The summed E-state index contributed by atoms with van der Waals surface area (Å²) in [5.41, 5.74) is 7.63. The highest BCUT2D eigenvalue weighted by Gasteiger charge is 2.24. The van der Waals surface area contributed by atoms with Crippen LogP contribution in [0.15, 0.2) is 54.6 Å². The minimum absolute atomic E-state index is 0.178. The molecule has 0 bridgehead atoms. The van der Waals surface area contributed by atoms with Crippen molar-refractivity contribution in [1.82, 2.24) is 0 Å². The third kappa shape index (κ3) is 2.95. The number of nitrogens with two attached hydrogens (primary N) is 1. The predicted molar refractivity (Wildman–Crippen MR) is 76.3 cm³/mol. The molecule has 0 aliphatic carbocycles. The summed E-state index contributed by atoms with van der Waals surface area (Å²) in [7, 11) is 1.63. The Bertz CT molecular complexity index is 513. The van der Waals surface area contributed by atoms with Crippen molar-refractivity contribution in [2.24, 2.45) is 5.73 Å². The molecule has 0 radical (unpaired) electrons. The molecule has 19 heavy (non-hydrogen) atoms. The molecule has 0 spiro atoms. The third-order valence-electron chi connectivity index (χ3n) is 3.26. The van der Waals surface area contributed by atoms with Crippen LogP contribution in [0.1, 0.15) is 17.0 Å². The van der Waals surface area contributed by atoms with Crippen LogP contribution in [0.2, 0.25) is 0 Å². The van der Waals surface area contributed by atoms with Crippen LogP contribution in [0, 0.1) is 0 Å². The van der Waals surface area contributed by atoms with E-state index in [4.69, 9.17) is 10.5 Å². The topological polar surface area (TPSA) is 55.5 Å². The standard InChI is InChI=1S/C16H19NO2/c1-19-15-10-6-5-9-13(15)16(14(18)11-17)12-7-3-2-4-8-12/h2-10,14,16,18H,11,17H2,1H3. The van der Waals surface area contributed by atoms with E-state index in [-0.39, 0.29) is 12.5 Å². The van der Waals surface area contributed by atoms with Gasteiger partial charge in [0, 0.05) is 18.0 Å². The van der Waals surface area contributed by atoms with Crippen molar-refractivity contribution in [2.45, 2.75) is 12.0 Å². The average molecular weight is 257 g/mol. The molecule has 100 valence electrons. The summed E-state index contributed by atoms with van der Waals surface area (Å²) in [4.78, 5) is 0. The number of aliphatic hydroxyl groups excluding tert-OH is 1. The van der Waals surface area contributed by atoms with Crippen LogP contribution in [0.4, 0.5) is 0 Å². The van der Waals surface area contributed by atoms with Crippen LogP contribution in [-0.2, 0) is 0 Å². The zero-order valence-electron chi connectivity index (χ0n) is 11.0. The molecule has 3 heteroatoms. The van der Waals surface area contributed by atoms with Crippen LogP contribution >= 0.6 is 0 Å². The molecule has 2 unspecified atom stereocenters. The highest BCUT2D eigenvalue weighted by molar-refractivity contribution is 5.43. The SMILES string of the molecule is COc1ccccc1C(c1ccccc1)C(O)CN. The second kappa shape index (κ2) is 6.36. The molecule has 0 aliphatic heterocycles. The van der Waals surface area contributed by atoms with Gasteiger partial charge in [0.2, 0.25) is 0 Å². The largest absolute Gasteiger partial charge is 0.496 e. The highest BCUT2D eigenvalue weighted by Crippen LogP contribution is 2.33. The van der Waals surface area contributed by atoms with Crippen molar-refractivity contribution >= 4 is 0 Å². The van der Waals surface area contributed by atoms with Gasteiger partial charge in [-0.2, -0.15) is 0 Å². The molecular formula is C16H19NO2. The highest BCUT2D eigenvalue weighted by atomic mass is 16.5. The van der Waals surface area contributed by atoms with Gasteiger partial charge in [-0.1, -0.05) is 48.5 Å². The summed E-state index contributed by atoms with van der Waals surface area (Å²) in [6, 6.07) is 17.6. The fourth-order valence-corrected chi connectivity index (χ4v) is 2.33. The Morgan fingerprint density at radius 3 is 2.32 bits per heavy atom. The zero-order valence-corrected chi connectivity index (χ0v) is 11.0. The van der Waals surface area contributed by atoms with Gasteiger partial charge in [-0.3, -0.25) is 0 Å². The first-order valence-corrected chi connectivity index (χ1v) is 6.34. The van der Waals surface area contributed by atoms with Crippen molar-refractivity contribution in [3.05, 3.63) is 65.7 Å². The molecule has 0 saturated heterocycles. The molecule has 0 aromatic heterocycles. The van der Waals surface area contributed by atoms with Crippen LogP contribution < -0.4 is 10.5 Å². The van der Waals surface area contributed by atoms with Crippen molar-refractivity contribution in [3.63, 3.8) is 0 Å². The van der Waals surface area contributed by atoms with Crippen LogP contribution in [-0.4, -0.2) is 24.9 Å². The first-order valence-electron chi connectivity index (χ1n) is 6.34. The van der Waals surface area contributed by atoms with Crippen molar-refractivity contribution < 1.29 is 9.84 Å². The maximum Gasteiger partial charge on any atom is 0.122 e. The van der Waals surface area contributed by atoms with Crippen molar-refractivity contribution in [3.8, 4) is 5.75 Å². The van der Waals surface area contributed by atoms with E-state index >= 15 is 0 Å². The minimum atomic E-state index is -0.640. The molecule has 3 N–H and O–H groups in total. The smallest absolute Gasteiger partial charge is 0.122 e. The van der Waals surface area contributed by atoms with Gasteiger partial charge in [0.05, 0.1) is 13.2 Å². The summed E-state index contributed by atoms with van der Waals surface area (Å²) in [6.45, 7) is 0.206. The predicted octanol–water partition coefficient (Wildman–Crippen LogP) is 2.15. The monoisotopic (exact) mass is 257 g/mol. The lowest BCUT2D eigenvalue weighted by Crippen LogP contribution is -2.28. The molecule has 0 amide bonds. The summed E-state index contributed by atoms with van der Waals surface area (Å²) < 4.78 is 5.39. The van der Waals surface area contributed by atoms with Gasteiger partial charge in [0.15, 0.2) is 0 Å². The molecule has 2 rings (SSSR count).